The number of pyridine rings is 1. The van der Waals surface area contributed by atoms with E-state index < -0.39 is 47.8 Å². The Morgan fingerprint density at radius 2 is 2.00 bits per heavy atom. The van der Waals surface area contributed by atoms with Crippen molar-refractivity contribution in [2.45, 2.75) is 25.9 Å². The van der Waals surface area contributed by atoms with E-state index in [0.29, 0.717) is 0 Å². The highest BCUT2D eigenvalue weighted by molar-refractivity contribution is 5.72. The van der Waals surface area contributed by atoms with Crippen LogP contribution in [0, 0.1) is 5.95 Å². The van der Waals surface area contributed by atoms with Crippen LogP contribution in [-0.4, -0.2) is 17.6 Å². The zero-order valence-electron chi connectivity index (χ0n) is 10.1. The first-order valence-corrected chi connectivity index (χ1v) is 5.37. The van der Waals surface area contributed by atoms with Gasteiger partial charge < -0.3 is 4.74 Å². The molecule has 1 aromatic heterocycles. The van der Waals surface area contributed by atoms with Gasteiger partial charge in [0.2, 0.25) is 5.95 Å². The van der Waals surface area contributed by atoms with Crippen LogP contribution in [0.15, 0.2) is 6.07 Å². The van der Waals surface area contributed by atoms with Crippen LogP contribution in [0.1, 0.15) is 30.2 Å². The molecule has 0 N–H and O–H groups in total. The summed E-state index contributed by atoms with van der Waals surface area (Å²) in [6.07, 6.45) is -9.59. The van der Waals surface area contributed by atoms with Gasteiger partial charge in [0.1, 0.15) is 0 Å². The molecule has 0 amide bonds. The molecule has 0 bridgehead atoms. The van der Waals surface area contributed by atoms with Crippen molar-refractivity contribution in [3.8, 4) is 0 Å². The van der Waals surface area contributed by atoms with Crippen molar-refractivity contribution in [1.29, 1.82) is 0 Å². The lowest BCUT2D eigenvalue weighted by Gasteiger charge is -2.14. The minimum atomic E-state index is -5.18. The van der Waals surface area contributed by atoms with Crippen molar-refractivity contribution in [3.63, 3.8) is 0 Å². The molecule has 0 unspecified atom stereocenters. The Hall–Kier alpha value is -1.80. The van der Waals surface area contributed by atoms with Gasteiger partial charge in [-0.15, -0.1) is 0 Å². The van der Waals surface area contributed by atoms with Crippen molar-refractivity contribution >= 4 is 5.97 Å². The molecule has 0 aromatic carbocycles. The van der Waals surface area contributed by atoms with Crippen molar-refractivity contribution < 1.29 is 35.9 Å². The second-order valence-corrected chi connectivity index (χ2v) is 3.65. The van der Waals surface area contributed by atoms with Crippen LogP contribution >= 0.6 is 0 Å². The summed E-state index contributed by atoms with van der Waals surface area (Å²) in [4.78, 5) is 14.0. The molecule has 20 heavy (non-hydrogen) atoms. The molecule has 0 aliphatic heterocycles. The maximum atomic E-state index is 13.3. The number of alkyl halides is 5. The van der Waals surface area contributed by atoms with Crippen molar-refractivity contribution in [2.75, 3.05) is 6.61 Å². The minimum Gasteiger partial charge on any atom is -0.466 e. The largest absolute Gasteiger partial charge is 0.466 e. The SMILES string of the molecule is CCOC(=O)Cc1cc(C(F)(F)F)c(C(F)F)c(F)n1. The number of halogens is 6. The molecule has 0 aliphatic carbocycles. The lowest BCUT2D eigenvalue weighted by atomic mass is 10.1. The number of esters is 1. The van der Waals surface area contributed by atoms with Gasteiger partial charge in [-0.3, -0.25) is 4.79 Å². The van der Waals surface area contributed by atoms with Crippen LogP contribution < -0.4 is 0 Å². The van der Waals surface area contributed by atoms with E-state index in [2.05, 4.69) is 9.72 Å². The van der Waals surface area contributed by atoms with Gasteiger partial charge in [-0.2, -0.15) is 17.6 Å². The molecular weight excluding hydrogens is 292 g/mol. The van der Waals surface area contributed by atoms with E-state index in [1.165, 1.54) is 6.92 Å². The lowest BCUT2D eigenvalue weighted by molar-refractivity contribution is -0.143. The third kappa shape index (κ3) is 3.84. The number of carbonyl (C=O) groups excluding carboxylic acids is 1. The number of aromatic nitrogens is 1. The van der Waals surface area contributed by atoms with E-state index >= 15 is 0 Å². The fraction of sp³-hybridized carbons (Fsp3) is 0.455. The molecule has 0 saturated heterocycles. The fourth-order valence-corrected chi connectivity index (χ4v) is 1.47. The normalized spacial score (nSPS) is 11.8. The number of rotatable bonds is 4. The first kappa shape index (κ1) is 16.3. The first-order valence-electron chi connectivity index (χ1n) is 5.37. The highest BCUT2D eigenvalue weighted by atomic mass is 19.4. The van der Waals surface area contributed by atoms with Gasteiger partial charge in [0.05, 0.1) is 29.8 Å². The van der Waals surface area contributed by atoms with E-state index in [0.717, 1.165) is 0 Å². The van der Waals surface area contributed by atoms with Crippen molar-refractivity contribution in [1.82, 2.24) is 4.98 Å². The summed E-state index contributed by atoms with van der Waals surface area (Å²) in [6, 6.07) is 0.224. The Morgan fingerprint density at radius 3 is 2.45 bits per heavy atom. The topological polar surface area (TPSA) is 39.2 Å². The molecule has 0 saturated carbocycles. The Balaban J connectivity index is 3.25. The average molecular weight is 301 g/mol. The van der Waals surface area contributed by atoms with Gasteiger partial charge in [-0.05, 0) is 13.0 Å². The fourth-order valence-electron chi connectivity index (χ4n) is 1.47. The van der Waals surface area contributed by atoms with Gasteiger partial charge in [0.25, 0.3) is 6.43 Å². The van der Waals surface area contributed by atoms with E-state index in [1.807, 2.05) is 0 Å². The molecule has 9 heteroatoms. The lowest BCUT2D eigenvalue weighted by Crippen LogP contribution is -2.16. The van der Waals surface area contributed by atoms with Gasteiger partial charge in [0.15, 0.2) is 0 Å². The summed E-state index contributed by atoms with van der Waals surface area (Å²) in [5.74, 6) is -2.88. The molecule has 1 aromatic rings. The molecular formula is C11H9F6NO2. The third-order valence-electron chi connectivity index (χ3n) is 2.22. The predicted octanol–water partition coefficient (Wildman–Crippen LogP) is 3.28. The smallest absolute Gasteiger partial charge is 0.417 e. The van der Waals surface area contributed by atoms with E-state index in [4.69, 9.17) is 0 Å². The van der Waals surface area contributed by atoms with Crippen LogP contribution in [0.4, 0.5) is 26.3 Å². The highest BCUT2D eigenvalue weighted by Crippen LogP contribution is 2.37. The molecule has 1 rings (SSSR count). The molecule has 3 nitrogen and oxygen atoms in total. The number of nitrogens with zero attached hydrogens (tertiary/aromatic N) is 1. The summed E-state index contributed by atoms with van der Waals surface area (Å²) < 4.78 is 80.5. The summed E-state index contributed by atoms with van der Waals surface area (Å²) in [6.45, 7) is 1.44. The summed E-state index contributed by atoms with van der Waals surface area (Å²) >= 11 is 0. The second kappa shape index (κ2) is 6.10. The third-order valence-corrected chi connectivity index (χ3v) is 2.22. The Labute approximate surface area is 109 Å². The van der Waals surface area contributed by atoms with Gasteiger partial charge in [-0.1, -0.05) is 0 Å². The van der Waals surface area contributed by atoms with Crippen LogP contribution in [0.5, 0.6) is 0 Å². The van der Waals surface area contributed by atoms with Gasteiger partial charge in [-0.25, -0.2) is 13.8 Å². The molecule has 0 atom stereocenters. The standard InChI is InChI=1S/C11H9F6NO2/c1-2-20-7(19)4-5-3-6(11(15,16)17)8(9(12)13)10(14)18-5/h3,9H,2,4H2,1H3. The van der Waals surface area contributed by atoms with Gasteiger partial charge in [0, 0.05) is 0 Å². The van der Waals surface area contributed by atoms with Gasteiger partial charge >= 0.3 is 12.1 Å². The minimum absolute atomic E-state index is 0.0252. The Morgan fingerprint density at radius 1 is 1.40 bits per heavy atom. The van der Waals surface area contributed by atoms with Crippen LogP contribution in [-0.2, 0) is 22.1 Å². The average Bonchev–Trinajstić information content (AvgIpc) is 2.26. The highest BCUT2D eigenvalue weighted by Gasteiger charge is 2.38. The monoisotopic (exact) mass is 301 g/mol. The number of carbonyl (C=O) groups is 1. The first-order chi connectivity index (χ1) is 9.16. The van der Waals surface area contributed by atoms with Crippen molar-refractivity contribution in [3.05, 3.63) is 28.8 Å². The zero-order valence-corrected chi connectivity index (χ0v) is 10.1. The number of hydrogen-bond donors (Lipinski definition) is 0. The zero-order chi connectivity index (χ0) is 15.5. The Kier molecular flexibility index (Phi) is 4.96. The summed E-state index contributed by atoms with van der Waals surface area (Å²) in [5, 5.41) is 0. The van der Waals surface area contributed by atoms with E-state index in [9.17, 15) is 31.1 Å². The predicted molar refractivity (Wildman–Crippen MR) is 54.5 cm³/mol. The van der Waals surface area contributed by atoms with E-state index in [-0.39, 0.29) is 12.7 Å². The van der Waals surface area contributed by atoms with Crippen LogP contribution in [0.25, 0.3) is 0 Å². The molecule has 112 valence electrons. The second-order valence-electron chi connectivity index (χ2n) is 3.65. The van der Waals surface area contributed by atoms with E-state index in [1.54, 1.807) is 0 Å². The summed E-state index contributed by atoms with van der Waals surface area (Å²) in [5.41, 5.74) is -4.30. The van der Waals surface area contributed by atoms with Crippen molar-refractivity contribution in [2.24, 2.45) is 0 Å². The molecule has 0 radical (unpaired) electrons. The maximum absolute atomic E-state index is 13.3. The molecule has 0 aliphatic rings. The van der Waals surface area contributed by atoms with Crippen LogP contribution in [0.3, 0.4) is 0 Å². The quantitative estimate of drug-likeness (QED) is 0.487. The molecule has 0 fully saturated rings. The Bertz CT molecular complexity index is 500. The number of hydrogen-bond acceptors (Lipinski definition) is 3. The number of ether oxygens (including phenoxy) is 1. The maximum Gasteiger partial charge on any atom is 0.417 e. The molecule has 0 spiro atoms. The summed E-state index contributed by atoms with van der Waals surface area (Å²) in [7, 11) is 0. The van der Waals surface area contributed by atoms with Crippen LogP contribution in [0.2, 0.25) is 0 Å². The molecule has 1 heterocycles.